The van der Waals surface area contributed by atoms with Gasteiger partial charge < -0.3 is 0 Å². The first-order valence-corrected chi connectivity index (χ1v) is 5.40. The Kier molecular flexibility index (Phi) is 4.30. The number of nitrogens with one attached hydrogen (secondary N) is 1. The number of nitrogens with zero attached hydrogens (tertiary/aromatic N) is 2. The van der Waals surface area contributed by atoms with Crippen LogP contribution in [0.5, 0.6) is 0 Å². The molecular formula is C9H8ClN3S. The zero-order chi connectivity index (χ0) is 10.4. The van der Waals surface area contributed by atoms with Gasteiger partial charge in [-0.1, -0.05) is 29.4 Å². The van der Waals surface area contributed by atoms with Crippen LogP contribution in [0.25, 0.3) is 0 Å². The summed E-state index contributed by atoms with van der Waals surface area (Å²) in [7, 11) is 0. The average Bonchev–Trinajstić information content (AvgIpc) is 2.17. The number of rotatable bonds is 1. The molecule has 0 saturated heterocycles. The minimum absolute atomic E-state index is 0.551. The smallest absolute Gasteiger partial charge is 0.183 e. The van der Waals surface area contributed by atoms with Crippen molar-refractivity contribution in [2.45, 2.75) is 0 Å². The molecule has 14 heavy (non-hydrogen) atoms. The van der Waals surface area contributed by atoms with Gasteiger partial charge in [0.25, 0.3) is 0 Å². The first kappa shape index (κ1) is 10.9. The van der Waals surface area contributed by atoms with Gasteiger partial charge in [0, 0.05) is 5.02 Å². The minimum atomic E-state index is 0.551. The van der Waals surface area contributed by atoms with E-state index in [-0.39, 0.29) is 0 Å². The molecule has 0 saturated carbocycles. The van der Waals surface area contributed by atoms with Crippen LogP contribution in [0.2, 0.25) is 5.02 Å². The highest BCUT2D eigenvalue weighted by Gasteiger charge is 1.96. The first-order chi connectivity index (χ1) is 6.76. The monoisotopic (exact) mass is 225 g/mol. The van der Waals surface area contributed by atoms with Crippen LogP contribution in [-0.2, 0) is 0 Å². The summed E-state index contributed by atoms with van der Waals surface area (Å²) in [6.07, 6.45) is 3.66. The van der Waals surface area contributed by atoms with E-state index < -0.39 is 0 Å². The molecule has 0 fully saturated rings. The summed E-state index contributed by atoms with van der Waals surface area (Å²) in [5, 5.41) is 12.1. The lowest BCUT2D eigenvalue weighted by atomic mass is 10.3. The Bertz CT molecular complexity index is 384. The Morgan fingerprint density at radius 2 is 2.43 bits per heavy atom. The number of halogens is 1. The Hall–Kier alpha value is -1.18. The normalized spacial score (nSPS) is 10.8. The van der Waals surface area contributed by atoms with Crippen LogP contribution >= 0.6 is 23.4 Å². The van der Waals surface area contributed by atoms with Crippen molar-refractivity contribution < 1.29 is 0 Å². The molecule has 0 spiro atoms. The molecule has 0 aliphatic heterocycles. The van der Waals surface area contributed by atoms with E-state index in [1.165, 1.54) is 11.8 Å². The average molecular weight is 226 g/mol. The van der Waals surface area contributed by atoms with E-state index in [1.54, 1.807) is 12.1 Å². The van der Waals surface area contributed by atoms with Crippen LogP contribution < -0.4 is 5.32 Å². The third-order valence-corrected chi connectivity index (χ3v) is 2.21. The number of benzene rings is 1. The van der Waals surface area contributed by atoms with Gasteiger partial charge in [-0.2, -0.15) is 5.26 Å². The van der Waals surface area contributed by atoms with Gasteiger partial charge in [-0.05, 0) is 24.5 Å². The second kappa shape index (κ2) is 5.53. The lowest BCUT2D eigenvalue weighted by Crippen LogP contribution is -2.12. The number of thioether (sulfide) groups is 1. The molecule has 1 aromatic carbocycles. The van der Waals surface area contributed by atoms with E-state index in [0.29, 0.717) is 10.2 Å². The highest BCUT2D eigenvalue weighted by molar-refractivity contribution is 8.13. The van der Waals surface area contributed by atoms with Crippen LogP contribution in [0, 0.1) is 11.5 Å². The standard InChI is InChI=1S/C9H8ClN3S/c1-14-9(12-6-11)13-8-4-2-3-7(10)5-8/h2-5H,1H3,(H,12,13). The Morgan fingerprint density at radius 1 is 1.64 bits per heavy atom. The molecule has 0 bridgehead atoms. The topological polar surface area (TPSA) is 48.2 Å². The van der Waals surface area contributed by atoms with E-state index in [1.807, 2.05) is 24.6 Å². The summed E-state index contributed by atoms with van der Waals surface area (Å²) >= 11 is 7.16. The predicted octanol–water partition coefficient (Wildman–Crippen LogP) is 2.76. The maximum absolute atomic E-state index is 8.42. The maximum Gasteiger partial charge on any atom is 0.183 e. The molecular weight excluding hydrogens is 218 g/mol. The van der Waals surface area contributed by atoms with E-state index in [4.69, 9.17) is 16.9 Å². The van der Waals surface area contributed by atoms with Gasteiger partial charge in [0.1, 0.15) is 0 Å². The first-order valence-electron chi connectivity index (χ1n) is 3.79. The molecule has 0 radical (unpaired) electrons. The predicted molar refractivity (Wildman–Crippen MR) is 60.8 cm³/mol. The van der Waals surface area contributed by atoms with E-state index in [0.717, 1.165) is 5.69 Å². The van der Waals surface area contributed by atoms with Gasteiger partial charge in [0.05, 0.1) is 5.69 Å². The molecule has 1 aromatic rings. The quantitative estimate of drug-likeness (QED) is 0.346. The lowest BCUT2D eigenvalue weighted by Gasteiger charge is -1.99. The molecule has 0 amide bonds. The number of hydrogen-bond donors (Lipinski definition) is 1. The van der Waals surface area contributed by atoms with Crippen LogP contribution in [-0.4, -0.2) is 11.4 Å². The fraction of sp³-hybridized carbons (Fsp3) is 0.111. The van der Waals surface area contributed by atoms with Crippen molar-refractivity contribution in [3.63, 3.8) is 0 Å². The minimum Gasteiger partial charge on any atom is -0.271 e. The summed E-state index contributed by atoms with van der Waals surface area (Å²) in [4.78, 5) is 4.19. The van der Waals surface area contributed by atoms with Crippen LogP contribution in [0.3, 0.4) is 0 Å². The fourth-order valence-electron chi connectivity index (χ4n) is 0.835. The van der Waals surface area contributed by atoms with Crippen molar-refractivity contribution in [2.75, 3.05) is 6.26 Å². The SMILES string of the molecule is CSC(=Nc1cccc(Cl)c1)NC#N. The Morgan fingerprint density at radius 3 is 3.00 bits per heavy atom. The molecule has 1 N–H and O–H groups in total. The van der Waals surface area contributed by atoms with Crippen molar-refractivity contribution in [1.82, 2.24) is 5.32 Å². The molecule has 0 atom stereocenters. The van der Waals surface area contributed by atoms with Gasteiger partial charge in [-0.15, -0.1) is 0 Å². The van der Waals surface area contributed by atoms with E-state index in [9.17, 15) is 0 Å². The summed E-state index contributed by atoms with van der Waals surface area (Å²) in [6, 6.07) is 7.14. The van der Waals surface area contributed by atoms with Crippen LogP contribution in [0.1, 0.15) is 0 Å². The van der Waals surface area contributed by atoms with Crippen LogP contribution in [0.4, 0.5) is 5.69 Å². The third-order valence-electron chi connectivity index (χ3n) is 1.40. The molecule has 3 nitrogen and oxygen atoms in total. The van der Waals surface area contributed by atoms with Gasteiger partial charge in [0.2, 0.25) is 0 Å². The van der Waals surface area contributed by atoms with Crippen molar-refractivity contribution in [3.05, 3.63) is 29.3 Å². The highest BCUT2D eigenvalue weighted by atomic mass is 35.5. The molecule has 1 rings (SSSR count). The fourth-order valence-corrected chi connectivity index (χ4v) is 1.36. The maximum atomic E-state index is 8.42. The van der Waals surface area contributed by atoms with Gasteiger partial charge >= 0.3 is 0 Å². The second-order valence-corrected chi connectivity index (χ2v) is 3.57. The summed E-state index contributed by atoms with van der Waals surface area (Å²) in [5.41, 5.74) is 0.726. The number of hydrogen-bond acceptors (Lipinski definition) is 3. The summed E-state index contributed by atoms with van der Waals surface area (Å²) in [6.45, 7) is 0. The van der Waals surface area contributed by atoms with E-state index >= 15 is 0 Å². The van der Waals surface area contributed by atoms with Crippen LogP contribution in [0.15, 0.2) is 29.3 Å². The second-order valence-electron chi connectivity index (χ2n) is 2.34. The number of amidine groups is 1. The highest BCUT2D eigenvalue weighted by Crippen LogP contribution is 2.18. The Labute approximate surface area is 91.8 Å². The summed E-state index contributed by atoms with van der Waals surface area (Å²) < 4.78 is 0. The van der Waals surface area contributed by atoms with E-state index in [2.05, 4.69) is 10.3 Å². The molecule has 5 heteroatoms. The molecule has 0 heterocycles. The van der Waals surface area contributed by atoms with Crippen molar-refractivity contribution in [1.29, 1.82) is 5.26 Å². The van der Waals surface area contributed by atoms with Crippen molar-refractivity contribution >= 4 is 34.2 Å². The lowest BCUT2D eigenvalue weighted by molar-refractivity contribution is 1.28. The molecule has 0 aliphatic rings. The molecule has 0 unspecified atom stereocenters. The molecule has 0 aliphatic carbocycles. The zero-order valence-electron chi connectivity index (χ0n) is 7.49. The zero-order valence-corrected chi connectivity index (χ0v) is 9.06. The van der Waals surface area contributed by atoms with Gasteiger partial charge in [-0.3, -0.25) is 5.32 Å². The number of nitriles is 1. The third kappa shape index (κ3) is 3.29. The molecule has 72 valence electrons. The van der Waals surface area contributed by atoms with Gasteiger partial charge in [-0.25, -0.2) is 4.99 Å². The van der Waals surface area contributed by atoms with Crippen molar-refractivity contribution in [2.24, 2.45) is 4.99 Å². The van der Waals surface area contributed by atoms with Crippen molar-refractivity contribution in [3.8, 4) is 6.19 Å². The largest absolute Gasteiger partial charge is 0.271 e. The van der Waals surface area contributed by atoms with Gasteiger partial charge in [0.15, 0.2) is 11.4 Å². The summed E-state index contributed by atoms with van der Waals surface area (Å²) in [5.74, 6) is 0. The number of aliphatic imine (C=N–C) groups is 1. The molecule has 0 aromatic heterocycles. The Balaban J connectivity index is 2.89.